The van der Waals surface area contributed by atoms with Crippen LogP contribution in [0.15, 0.2) is 48.8 Å². The fourth-order valence-electron chi connectivity index (χ4n) is 2.97. The van der Waals surface area contributed by atoms with Gasteiger partial charge in [0.15, 0.2) is 0 Å². The highest BCUT2D eigenvalue weighted by Gasteiger charge is 2.24. The fourth-order valence-corrected chi connectivity index (χ4v) is 2.97. The van der Waals surface area contributed by atoms with Crippen molar-refractivity contribution < 1.29 is 14.5 Å². The topological polar surface area (TPSA) is 119 Å². The van der Waals surface area contributed by atoms with Gasteiger partial charge in [-0.2, -0.15) is 0 Å². The summed E-state index contributed by atoms with van der Waals surface area (Å²) >= 11 is 0. The third-order valence-electron chi connectivity index (χ3n) is 4.57. The zero-order chi connectivity index (χ0) is 23.3. The van der Waals surface area contributed by atoms with Gasteiger partial charge in [0, 0.05) is 11.4 Å². The summed E-state index contributed by atoms with van der Waals surface area (Å²) in [4.78, 5) is 31.5. The highest BCUT2D eigenvalue weighted by Crippen LogP contribution is 2.33. The molecule has 3 aromatic rings. The number of rotatable bonds is 8. The van der Waals surface area contributed by atoms with Crippen LogP contribution in [0.4, 0.5) is 28.7 Å². The zero-order valence-electron chi connectivity index (χ0n) is 18.4. The van der Waals surface area contributed by atoms with E-state index < -0.39 is 10.9 Å². The molecule has 1 heterocycles. The van der Waals surface area contributed by atoms with E-state index in [4.69, 9.17) is 4.74 Å². The van der Waals surface area contributed by atoms with Crippen molar-refractivity contribution in [2.45, 2.75) is 27.7 Å². The summed E-state index contributed by atoms with van der Waals surface area (Å²) in [6, 6.07) is 12.2. The van der Waals surface area contributed by atoms with Gasteiger partial charge >= 0.3 is 11.7 Å². The van der Waals surface area contributed by atoms with Crippen LogP contribution in [0, 0.1) is 29.9 Å². The Balaban J connectivity index is 1.83. The molecule has 0 aliphatic rings. The van der Waals surface area contributed by atoms with Crippen LogP contribution in [0.2, 0.25) is 0 Å². The lowest BCUT2D eigenvalue weighted by Crippen LogP contribution is -2.10. The molecule has 0 bridgehead atoms. The molecule has 166 valence electrons. The number of hydrogen-bond donors (Lipinski definition) is 2. The van der Waals surface area contributed by atoms with E-state index in [-0.39, 0.29) is 23.2 Å². The van der Waals surface area contributed by atoms with Crippen molar-refractivity contribution in [2.75, 3.05) is 17.2 Å². The molecule has 0 spiro atoms. The highest BCUT2D eigenvalue weighted by molar-refractivity contribution is 5.90. The van der Waals surface area contributed by atoms with E-state index in [1.54, 1.807) is 24.3 Å². The van der Waals surface area contributed by atoms with E-state index in [0.717, 1.165) is 11.1 Å². The third-order valence-corrected chi connectivity index (χ3v) is 4.57. The van der Waals surface area contributed by atoms with Gasteiger partial charge in [-0.1, -0.05) is 31.5 Å². The first-order chi connectivity index (χ1) is 15.2. The second-order valence-corrected chi connectivity index (χ2v) is 7.81. The van der Waals surface area contributed by atoms with Crippen molar-refractivity contribution in [3.8, 4) is 0 Å². The molecular formula is C23H25N5O4. The van der Waals surface area contributed by atoms with Gasteiger partial charge in [-0.3, -0.25) is 10.1 Å². The Labute approximate surface area is 186 Å². The number of ether oxygens (including phenoxy) is 1. The Bertz CT molecular complexity index is 1130. The molecule has 2 aromatic carbocycles. The standard InChI is InChI=1S/C23H25N5O4/c1-14(2)12-32-23(29)17-6-8-18(9-7-17)26-21-20(28(30)31)22(25-13-24-21)27-19-10-5-15(3)11-16(19)4/h5-11,13-14H,12H2,1-4H3,(H2,24,25,26,27). The normalized spacial score (nSPS) is 10.7. The number of esters is 1. The number of hydrogen-bond acceptors (Lipinski definition) is 8. The quantitative estimate of drug-likeness (QED) is 0.278. The Morgan fingerprint density at radius 3 is 2.31 bits per heavy atom. The van der Waals surface area contributed by atoms with E-state index in [1.807, 2.05) is 45.9 Å². The average Bonchev–Trinajstić information content (AvgIpc) is 2.74. The molecule has 9 nitrogen and oxygen atoms in total. The molecule has 3 rings (SSSR count). The monoisotopic (exact) mass is 435 g/mol. The lowest BCUT2D eigenvalue weighted by molar-refractivity contribution is -0.383. The van der Waals surface area contributed by atoms with Crippen LogP contribution >= 0.6 is 0 Å². The van der Waals surface area contributed by atoms with Crippen LogP contribution in [-0.4, -0.2) is 27.5 Å². The minimum absolute atomic E-state index is 0.0346. The van der Waals surface area contributed by atoms with Crippen LogP contribution < -0.4 is 10.6 Å². The number of nitro groups is 1. The molecule has 1 aromatic heterocycles. The minimum atomic E-state index is -0.536. The lowest BCUT2D eigenvalue weighted by atomic mass is 10.1. The van der Waals surface area contributed by atoms with Crippen LogP contribution in [-0.2, 0) is 4.74 Å². The number of benzene rings is 2. The number of aromatic nitrogens is 2. The maximum Gasteiger partial charge on any atom is 0.353 e. The number of carbonyl (C=O) groups is 1. The smallest absolute Gasteiger partial charge is 0.353 e. The van der Waals surface area contributed by atoms with Gasteiger partial charge in [0.05, 0.1) is 17.1 Å². The Kier molecular flexibility index (Phi) is 6.99. The molecule has 0 fully saturated rings. The number of aryl methyl sites for hydroxylation is 2. The van der Waals surface area contributed by atoms with E-state index in [2.05, 4.69) is 20.6 Å². The SMILES string of the molecule is Cc1ccc(Nc2ncnc(Nc3ccc(C(=O)OCC(C)C)cc3)c2[N+](=O)[O-])c(C)c1. The summed E-state index contributed by atoms with van der Waals surface area (Å²) in [5, 5.41) is 17.8. The molecule has 0 amide bonds. The van der Waals surface area contributed by atoms with E-state index in [9.17, 15) is 14.9 Å². The maximum atomic E-state index is 12.1. The van der Waals surface area contributed by atoms with Crippen molar-refractivity contribution in [2.24, 2.45) is 5.92 Å². The first-order valence-electron chi connectivity index (χ1n) is 10.1. The van der Waals surface area contributed by atoms with Gasteiger partial charge in [0.1, 0.15) is 6.33 Å². The second kappa shape index (κ2) is 9.86. The summed E-state index contributed by atoms with van der Waals surface area (Å²) in [5.74, 6) is -0.0661. The minimum Gasteiger partial charge on any atom is -0.462 e. The first-order valence-corrected chi connectivity index (χ1v) is 10.1. The summed E-state index contributed by atoms with van der Waals surface area (Å²) in [5.41, 5.74) is 3.38. The van der Waals surface area contributed by atoms with Gasteiger partial charge in [-0.05, 0) is 55.7 Å². The summed E-state index contributed by atoms with van der Waals surface area (Å²) in [6.07, 6.45) is 1.25. The van der Waals surface area contributed by atoms with Gasteiger partial charge in [-0.25, -0.2) is 14.8 Å². The molecule has 32 heavy (non-hydrogen) atoms. The van der Waals surface area contributed by atoms with Crippen LogP contribution in [0.3, 0.4) is 0 Å². The number of nitrogens with one attached hydrogen (secondary N) is 2. The molecule has 0 saturated heterocycles. The van der Waals surface area contributed by atoms with Gasteiger partial charge in [-0.15, -0.1) is 0 Å². The van der Waals surface area contributed by atoms with Crippen LogP contribution in [0.25, 0.3) is 0 Å². The first kappa shape index (κ1) is 22.7. The van der Waals surface area contributed by atoms with Gasteiger partial charge < -0.3 is 15.4 Å². The Morgan fingerprint density at radius 1 is 1.06 bits per heavy atom. The predicted molar refractivity (Wildman–Crippen MR) is 123 cm³/mol. The van der Waals surface area contributed by atoms with Crippen molar-refractivity contribution in [1.82, 2.24) is 9.97 Å². The largest absolute Gasteiger partial charge is 0.462 e. The van der Waals surface area contributed by atoms with Gasteiger partial charge in [0.2, 0.25) is 11.6 Å². The molecule has 0 atom stereocenters. The molecule has 9 heteroatoms. The fraction of sp³-hybridized carbons (Fsp3) is 0.261. The van der Waals surface area contributed by atoms with E-state index in [1.165, 1.54) is 6.33 Å². The van der Waals surface area contributed by atoms with Gasteiger partial charge in [0.25, 0.3) is 0 Å². The van der Waals surface area contributed by atoms with Crippen molar-refractivity contribution in [3.05, 3.63) is 75.6 Å². The molecule has 0 saturated carbocycles. The predicted octanol–water partition coefficient (Wildman–Crippen LogP) is 5.30. The van der Waals surface area contributed by atoms with E-state index >= 15 is 0 Å². The average molecular weight is 435 g/mol. The summed E-state index contributed by atoms with van der Waals surface area (Å²) in [6.45, 7) is 8.13. The van der Waals surface area contributed by atoms with Crippen molar-refractivity contribution in [1.29, 1.82) is 0 Å². The molecular weight excluding hydrogens is 410 g/mol. The molecule has 0 aliphatic carbocycles. The summed E-state index contributed by atoms with van der Waals surface area (Å²) < 4.78 is 5.21. The van der Waals surface area contributed by atoms with Crippen LogP contribution in [0.1, 0.15) is 35.3 Å². The molecule has 0 radical (unpaired) electrons. The maximum absolute atomic E-state index is 12.1. The summed E-state index contributed by atoms with van der Waals surface area (Å²) in [7, 11) is 0. The van der Waals surface area contributed by atoms with Crippen molar-refractivity contribution in [3.63, 3.8) is 0 Å². The highest BCUT2D eigenvalue weighted by atomic mass is 16.6. The Morgan fingerprint density at radius 2 is 1.72 bits per heavy atom. The number of anilines is 4. The number of carbonyl (C=O) groups excluding carboxylic acids is 1. The second-order valence-electron chi connectivity index (χ2n) is 7.81. The third kappa shape index (κ3) is 5.57. The number of nitrogens with zero attached hydrogens (tertiary/aromatic N) is 3. The molecule has 2 N–H and O–H groups in total. The Hall–Kier alpha value is -4.01. The zero-order valence-corrected chi connectivity index (χ0v) is 18.4. The lowest BCUT2D eigenvalue weighted by Gasteiger charge is -2.12. The molecule has 0 aliphatic heterocycles. The van der Waals surface area contributed by atoms with Crippen LogP contribution in [0.5, 0.6) is 0 Å². The van der Waals surface area contributed by atoms with E-state index in [0.29, 0.717) is 23.5 Å². The molecule has 0 unspecified atom stereocenters. The van der Waals surface area contributed by atoms with Crippen molar-refractivity contribution >= 4 is 34.7 Å².